The van der Waals surface area contributed by atoms with Crippen LogP contribution in [0.15, 0.2) is 48.7 Å². The second-order valence-electron chi connectivity index (χ2n) is 12.4. The van der Waals surface area contributed by atoms with Crippen LogP contribution in [0.25, 0.3) is 0 Å². The first-order valence-electron chi connectivity index (χ1n) is 15.0. The van der Waals surface area contributed by atoms with Gasteiger partial charge < -0.3 is 24.2 Å². The number of alkyl halides is 3. The molecule has 3 rings (SSSR count). The van der Waals surface area contributed by atoms with Crippen molar-refractivity contribution in [1.29, 1.82) is 0 Å². The lowest BCUT2D eigenvalue weighted by Crippen LogP contribution is -2.50. The van der Waals surface area contributed by atoms with Gasteiger partial charge in [0.05, 0.1) is 18.8 Å². The van der Waals surface area contributed by atoms with Gasteiger partial charge in [-0.2, -0.15) is 13.2 Å². The zero-order chi connectivity index (χ0) is 33.4. The summed E-state index contributed by atoms with van der Waals surface area (Å²) < 4.78 is 52.6. The second kappa shape index (κ2) is 15.5. The summed E-state index contributed by atoms with van der Waals surface area (Å²) in [4.78, 5) is 48.8. The molecule has 0 saturated carbocycles. The number of hydrogen-bond donors (Lipinski definition) is 0. The Hall–Kier alpha value is -3.71. The SMILES string of the molecule is CCN(CCN(C)C)C(=O)CN(Cc1cc(C2OCC(Cc3ccccc3)CN2C(=O)C(F)(F)F)ccn1)C(=O)OC(C)(C)C. The molecule has 2 atom stereocenters. The summed E-state index contributed by atoms with van der Waals surface area (Å²) >= 11 is 0. The van der Waals surface area contributed by atoms with Crippen LogP contribution in [-0.2, 0) is 32.0 Å². The van der Waals surface area contributed by atoms with Crippen molar-refractivity contribution >= 4 is 17.9 Å². The first kappa shape index (κ1) is 35.8. The van der Waals surface area contributed by atoms with Gasteiger partial charge in [0.15, 0.2) is 6.23 Å². The fraction of sp³-hybridized carbons (Fsp3) is 0.562. The average molecular weight is 636 g/mol. The number of aromatic nitrogens is 1. The Labute approximate surface area is 263 Å². The lowest BCUT2D eigenvalue weighted by molar-refractivity contribution is -0.208. The van der Waals surface area contributed by atoms with E-state index in [4.69, 9.17) is 9.47 Å². The smallest absolute Gasteiger partial charge is 0.444 e. The molecule has 1 aliphatic heterocycles. The van der Waals surface area contributed by atoms with Gasteiger partial charge in [-0.3, -0.25) is 19.5 Å². The molecule has 1 fully saturated rings. The molecule has 0 spiro atoms. The van der Waals surface area contributed by atoms with Gasteiger partial charge >= 0.3 is 18.2 Å². The molecule has 1 aromatic carbocycles. The number of rotatable bonds is 11. The summed E-state index contributed by atoms with van der Waals surface area (Å²) in [6.07, 6.45) is -5.33. The number of benzene rings is 1. The number of hydrogen-bond acceptors (Lipinski definition) is 7. The van der Waals surface area contributed by atoms with Crippen molar-refractivity contribution in [3.8, 4) is 0 Å². The van der Waals surface area contributed by atoms with E-state index in [1.54, 1.807) is 25.7 Å². The maximum absolute atomic E-state index is 13.7. The fourth-order valence-electron chi connectivity index (χ4n) is 4.93. The summed E-state index contributed by atoms with van der Waals surface area (Å²) in [7, 11) is 3.79. The molecular weight excluding hydrogens is 591 g/mol. The topological polar surface area (TPSA) is 95.5 Å². The number of pyridine rings is 1. The van der Waals surface area contributed by atoms with Crippen LogP contribution in [0.1, 0.15) is 50.7 Å². The van der Waals surface area contributed by atoms with E-state index in [2.05, 4.69) is 4.98 Å². The van der Waals surface area contributed by atoms with Crippen LogP contribution in [-0.4, -0.2) is 108 Å². The van der Waals surface area contributed by atoms with Gasteiger partial charge in [-0.25, -0.2) is 4.79 Å². The zero-order valence-corrected chi connectivity index (χ0v) is 26.8. The van der Waals surface area contributed by atoms with Crippen molar-refractivity contribution in [2.45, 2.75) is 58.7 Å². The van der Waals surface area contributed by atoms with Gasteiger partial charge in [0, 0.05) is 43.9 Å². The van der Waals surface area contributed by atoms with Crippen LogP contribution in [0.3, 0.4) is 0 Å². The van der Waals surface area contributed by atoms with Crippen LogP contribution in [0.2, 0.25) is 0 Å². The minimum Gasteiger partial charge on any atom is -0.444 e. The number of halogens is 3. The minimum atomic E-state index is -5.10. The third kappa shape index (κ3) is 11.0. The maximum Gasteiger partial charge on any atom is 0.471 e. The Morgan fingerprint density at radius 3 is 2.33 bits per heavy atom. The number of nitrogens with zero attached hydrogens (tertiary/aromatic N) is 5. The summed E-state index contributed by atoms with van der Waals surface area (Å²) in [6, 6.07) is 12.3. The predicted molar refractivity (Wildman–Crippen MR) is 162 cm³/mol. The van der Waals surface area contributed by atoms with E-state index in [9.17, 15) is 27.6 Å². The van der Waals surface area contributed by atoms with E-state index in [-0.39, 0.29) is 49.3 Å². The Balaban J connectivity index is 1.85. The third-order valence-electron chi connectivity index (χ3n) is 7.11. The van der Waals surface area contributed by atoms with E-state index >= 15 is 0 Å². The van der Waals surface area contributed by atoms with Crippen molar-refractivity contribution in [2.75, 3.05) is 53.4 Å². The predicted octanol–water partition coefficient (Wildman–Crippen LogP) is 4.51. The largest absolute Gasteiger partial charge is 0.471 e. The second-order valence-corrected chi connectivity index (χ2v) is 12.4. The molecule has 13 heteroatoms. The highest BCUT2D eigenvalue weighted by Gasteiger charge is 2.47. The molecule has 1 saturated heterocycles. The molecule has 2 unspecified atom stereocenters. The van der Waals surface area contributed by atoms with Crippen molar-refractivity contribution in [3.63, 3.8) is 0 Å². The van der Waals surface area contributed by atoms with Gasteiger partial charge in [0.25, 0.3) is 0 Å². The van der Waals surface area contributed by atoms with Gasteiger partial charge in [-0.15, -0.1) is 0 Å². The molecule has 0 bridgehead atoms. The monoisotopic (exact) mass is 635 g/mol. The van der Waals surface area contributed by atoms with Crippen LogP contribution in [0.5, 0.6) is 0 Å². The van der Waals surface area contributed by atoms with E-state index in [0.717, 1.165) is 5.56 Å². The minimum absolute atomic E-state index is 0.136. The summed E-state index contributed by atoms with van der Waals surface area (Å²) in [5.41, 5.74) is 0.646. The molecule has 0 N–H and O–H groups in total. The molecule has 1 aliphatic rings. The normalized spacial score (nSPS) is 17.2. The van der Waals surface area contributed by atoms with Crippen molar-refractivity contribution < 1.29 is 37.0 Å². The Bertz CT molecular complexity index is 1290. The highest BCUT2D eigenvalue weighted by Crippen LogP contribution is 2.33. The highest BCUT2D eigenvalue weighted by atomic mass is 19.4. The van der Waals surface area contributed by atoms with Crippen LogP contribution in [0, 0.1) is 5.92 Å². The first-order chi connectivity index (χ1) is 21.1. The number of amides is 3. The molecule has 45 heavy (non-hydrogen) atoms. The number of carbonyl (C=O) groups is 3. The lowest BCUT2D eigenvalue weighted by Gasteiger charge is -2.40. The summed E-state index contributed by atoms with van der Waals surface area (Å²) in [5.74, 6) is -2.63. The van der Waals surface area contributed by atoms with Gasteiger partial charge in [0.2, 0.25) is 5.91 Å². The Kier molecular flexibility index (Phi) is 12.3. The van der Waals surface area contributed by atoms with Crippen molar-refractivity contribution in [1.82, 2.24) is 24.6 Å². The fourth-order valence-corrected chi connectivity index (χ4v) is 4.93. The molecule has 2 heterocycles. The van der Waals surface area contributed by atoms with E-state index < -0.39 is 30.0 Å². The molecule has 0 aliphatic carbocycles. The maximum atomic E-state index is 13.7. The van der Waals surface area contributed by atoms with Gasteiger partial charge in [-0.05, 0) is 65.9 Å². The Morgan fingerprint density at radius 1 is 1.04 bits per heavy atom. The molecule has 3 amide bonds. The van der Waals surface area contributed by atoms with Crippen molar-refractivity contribution in [2.24, 2.45) is 5.92 Å². The number of ether oxygens (including phenoxy) is 2. The van der Waals surface area contributed by atoms with Crippen LogP contribution in [0.4, 0.5) is 18.0 Å². The first-order valence-corrected chi connectivity index (χ1v) is 15.0. The molecule has 10 nitrogen and oxygen atoms in total. The van der Waals surface area contributed by atoms with Gasteiger partial charge in [-0.1, -0.05) is 30.3 Å². The van der Waals surface area contributed by atoms with Crippen LogP contribution >= 0.6 is 0 Å². The Morgan fingerprint density at radius 2 is 1.73 bits per heavy atom. The van der Waals surface area contributed by atoms with Crippen LogP contribution < -0.4 is 0 Å². The van der Waals surface area contributed by atoms with E-state index in [0.29, 0.717) is 31.0 Å². The molecule has 1 aromatic heterocycles. The highest BCUT2D eigenvalue weighted by molar-refractivity contribution is 5.83. The molecule has 2 aromatic rings. The molecule has 248 valence electrons. The standard InChI is InChI=1S/C32H44F3N5O5/c1-7-38(16-15-37(5)6)27(41)21-39(30(43)45-31(2,3)4)20-26-18-25(13-14-36-26)28-40(29(42)32(33,34)35)19-24(22-44-28)17-23-11-9-8-10-12-23/h8-14,18,24,28H,7,15-17,19-22H2,1-6H3. The number of likely N-dealkylation sites (N-methyl/N-ethyl adjacent to an activating group) is 2. The zero-order valence-electron chi connectivity index (χ0n) is 26.8. The summed E-state index contributed by atoms with van der Waals surface area (Å²) in [5, 5.41) is 0. The lowest BCUT2D eigenvalue weighted by atomic mass is 9.97. The molecule has 0 radical (unpaired) electrons. The van der Waals surface area contributed by atoms with E-state index in [1.165, 1.54) is 23.2 Å². The quantitative estimate of drug-likeness (QED) is 0.359. The third-order valence-corrected chi connectivity index (χ3v) is 7.11. The number of carbonyl (C=O) groups excluding carboxylic acids is 3. The molecular formula is C32H44F3N5O5. The van der Waals surface area contributed by atoms with Gasteiger partial charge in [0.1, 0.15) is 12.1 Å². The summed E-state index contributed by atoms with van der Waals surface area (Å²) in [6.45, 7) is 8.03. The van der Waals surface area contributed by atoms with E-state index in [1.807, 2.05) is 56.3 Å². The average Bonchev–Trinajstić information content (AvgIpc) is 2.96. The van der Waals surface area contributed by atoms with Crippen molar-refractivity contribution in [3.05, 3.63) is 65.5 Å².